The Labute approximate surface area is 209 Å². The second kappa shape index (κ2) is 12.0. The molecule has 188 valence electrons. The van der Waals surface area contributed by atoms with E-state index in [0.29, 0.717) is 17.1 Å². The maximum atomic E-state index is 12.5. The van der Waals surface area contributed by atoms with Crippen molar-refractivity contribution in [3.8, 4) is 5.75 Å². The first-order valence-electron chi connectivity index (χ1n) is 11.3. The molecule has 0 fully saturated rings. The number of imidazole rings is 1. The standard InChI is InChI=1S/C26H24F3N3O3S/c27-26(28,29)36(33)23-12-7-20(8-13-23)9-14-25-32-21(18-35-25)17-34-22-10-5-19(6-11-22)3-1-2-4-24-30-15-16-31-24/h5-16,18H,1-4,17H2,(H,30,31). The highest BCUT2D eigenvalue weighted by Gasteiger charge is 2.45. The van der Waals surface area contributed by atoms with Crippen molar-refractivity contribution in [3.63, 3.8) is 0 Å². The molecule has 2 aromatic heterocycles. The Bertz CT molecular complexity index is 1240. The summed E-state index contributed by atoms with van der Waals surface area (Å²) in [6.07, 6.45) is 12.4. The summed E-state index contributed by atoms with van der Waals surface area (Å²) in [6.45, 7) is 0.234. The van der Waals surface area contributed by atoms with Crippen molar-refractivity contribution in [2.75, 3.05) is 0 Å². The lowest BCUT2D eigenvalue weighted by Crippen LogP contribution is -2.23. The summed E-state index contributed by atoms with van der Waals surface area (Å²) in [5.41, 5.74) is -2.31. The number of rotatable bonds is 11. The quantitative estimate of drug-likeness (QED) is 0.186. The van der Waals surface area contributed by atoms with Crippen LogP contribution in [0.2, 0.25) is 0 Å². The van der Waals surface area contributed by atoms with E-state index in [0.717, 1.165) is 37.3 Å². The van der Waals surface area contributed by atoms with Crippen molar-refractivity contribution in [3.05, 3.63) is 95.7 Å². The molecule has 1 unspecified atom stereocenters. The Morgan fingerprint density at radius 1 is 1.00 bits per heavy atom. The van der Waals surface area contributed by atoms with Crippen molar-refractivity contribution < 1.29 is 26.9 Å². The van der Waals surface area contributed by atoms with Gasteiger partial charge in [0.15, 0.2) is 4.90 Å². The van der Waals surface area contributed by atoms with E-state index < -0.39 is 16.7 Å². The number of nitrogens with zero attached hydrogens (tertiary/aromatic N) is 2. The summed E-state index contributed by atoms with van der Waals surface area (Å²) in [5.74, 6) is 2.08. The SMILES string of the molecule is [O-][S+](c1ccc(C=Cc2nc(COc3ccc(CCCCc4ncc[nH]4)cc3)co2)cc1)C(F)(F)F. The molecule has 0 aliphatic heterocycles. The van der Waals surface area contributed by atoms with E-state index in [9.17, 15) is 17.7 Å². The van der Waals surface area contributed by atoms with Gasteiger partial charge in [0.1, 0.15) is 30.1 Å². The topological polar surface area (TPSA) is 87.0 Å². The van der Waals surface area contributed by atoms with Gasteiger partial charge in [0, 0.05) is 24.9 Å². The van der Waals surface area contributed by atoms with E-state index in [2.05, 4.69) is 27.1 Å². The van der Waals surface area contributed by atoms with Crippen LogP contribution in [0.4, 0.5) is 13.2 Å². The van der Waals surface area contributed by atoms with Gasteiger partial charge in [-0.3, -0.25) is 0 Å². The fourth-order valence-electron chi connectivity index (χ4n) is 3.44. The molecule has 1 atom stereocenters. The van der Waals surface area contributed by atoms with E-state index in [4.69, 9.17) is 9.15 Å². The van der Waals surface area contributed by atoms with E-state index in [1.165, 1.54) is 36.1 Å². The van der Waals surface area contributed by atoms with Crippen LogP contribution in [-0.4, -0.2) is 25.0 Å². The number of aryl methyl sites for hydroxylation is 2. The van der Waals surface area contributed by atoms with E-state index >= 15 is 0 Å². The summed E-state index contributed by atoms with van der Waals surface area (Å²) in [7, 11) is 0. The number of ether oxygens (including phenoxy) is 1. The molecular formula is C26H24F3N3O3S. The monoisotopic (exact) mass is 515 g/mol. The molecule has 0 bridgehead atoms. The van der Waals surface area contributed by atoms with Gasteiger partial charge < -0.3 is 18.7 Å². The molecule has 1 N–H and O–H groups in total. The van der Waals surface area contributed by atoms with Gasteiger partial charge in [-0.15, -0.1) is 13.2 Å². The highest BCUT2D eigenvalue weighted by atomic mass is 32.2. The molecule has 36 heavy (non-hydrogen) atoms. The van der Waals surface area contributed by atoms with E-state index in [1.807, 2.05) is 18.3 Å². The molecule has 0 aliphatic rings. The number of halogens is 3. The molecule has 0 saturated carbocycles. The number of oxazole rings is 1. The van der Waals surface area contributed by atoms with Crippen LogP contribution >= 0.6 is 0 Å². The second-order valence-electron chi connectivity index (χ2n) is 7.97. The average Bonchev–Trinajstić information content (AvgIpc) is 3.56. The number of unbranched alkanes of at least 4 members (excludes halogenated alkanes) is 1. The van der Waals surface area contributed by atoms with Crippen molar-refractivity contribution in [2.24, 2.45) is 0 Å². The normalized spacial score (nSPS) is 12.8. The third-order valence-corrected chi connectivity index (χ3v) is 6.41. The van der Waals surface area contributed by atoms with E-state index in [1.54, 1.807) is 18.3 Å². The molecule has 4 rings (SSSR count). The van der Waals surface area contributed by atoms with Crippen LogP contribution in [0.5, 0.6) is 5.75 Å². The first kappa shape index (κ1) is 25.6. The highest BCUT2D eigenvalue weighted by molar-refractivity contribution is 7.92. The molecule has 0 aliphatic carbocycles. The summed E-state index contributed by atoms with van der Waals surface area (Å²) in [5, 5.41) is 0. The Balaban J connectivity index is 1.21. The summed E-state index contributed by atoms with van der Waals surface area (Å²) in [6, 6.07) is 13.2. The minimum atomic E-state index is -4.78. The fraction of sp³-hybridized carbons (Fsp3) is 0.231. The number of aromatic nitrogens is 3. The van der Waals surface area contributed by atoms with Crippen LogP contribution in [0.3, 0.4) is 0 Å². The smallest absolute Gasteiger partial charge is 0.578 e. The molecule has 2 heterocycles. The Hall–Kier alpha value is -3.50. The maximum Gasteiger partial charge on any atom is 0.578 e. The number of alkyl halides is 3. The van der Waals surface area contributed by atoms with Gasteiger partial charge in [0.2, 0.25) is 5.89 Å². The highest BCUT2D eigenvalue weighted by Crippen LogP contribution is 2.30. The number of benzene rings is 2. The van der Waals surface area contributed by atoms with Crippen LogP contribution in [0, 0.1) is 0 Å². The Morgan fingerprint density at radius 3 is 2.44 bits per heavy atom. The van der Waals surface area contributed by atoms with Crippen LogP contribution in [0.25, 0.3) is 12.2 Å². The Kier molecular flexibility index (Phi) is 8.50. The first-order chi connectivity index (χ1) is 17.4. The lowest BCUT2D eigenvalue weighted by molar-refractivity contribution is -0.0435. The number of nitrogens with one attached hydrogen (secondary N) is 1. The zero-order valence-corrected chi connectivity index (χ0v) is 20.0. The van der Waals surface area contributed by atoms with Crippen LogP contribution in [0.15, 0.2) is 76.5 Å². The Morgan fingerprint density at radius 2 is 1.75 bits per heavy atom. The van der Waals surface area contributed by atoms with Gasteiger partial charge in [-0.2, -0.15) is 0 Å². The number of hydrogen-bond acceptors (Lipinski definition) is 5. The van der Waals surface area contributed by atoms with Gasteiger partial charge >= 0.3 is 5.51 Å². The molecule has 0 radical (unpaired) electrons. The maximum absolute atomic E-state index is 12.5. The van der Waals surface area contributed by atoms with Crippen molar-refractivity contribution in [1.29, 1.82) is 0 Å². The lowest BCUT2D eigenvalue weighted by Gasteiger charge is -2.11. The molecular weight excluding hydrogens is 491 g/mol. The number of aromatic amines is 1. The van der Waals surface area contributed by atoms with Crippen molar-refractivity contribution in [1.82, 2.24) is 15.0 Å². The van der Waals surface area contributed by atoms with Crippen LogP contribution in [-0.2, 0) is 30.6 Å². The first-order valence-corrected chi connectivity index (χ1v) is 12.4. The summed E-state index contributed by atoms with van der Waals surface area (Å²) >= 11 is -3.04. The minimum absolute atomic E-state index is 0.234. The average molecular weight is 516 g/mol. The molecule has 4 aromatic rings. The molecule has 0 spiro atoms. The zero-order valence-electron chi connectivity index (χ0n) is 19.2. The predicted molar refractivity (Wildman–Crippen MR) is 130 cm³/mol. The number of hydrogen-bond donors (Lipinski definition) is 1. The third kappa shape index (κ3) is 7.50. The lowest BCUT2D eigenvalue weighted by atomic mass is 10.1. The molecule has 2 aromatic carbocycles. The van der Waals surface area contributed by atoms with Gasteiger partial charge in [0.25, 0.3) is 0 Å². The molecule has 0 amide bonds. The van der Waals surface area contributed by atoms with E-state index in [-0.39, 0.29) is 11.5 Å². The van der Waals surface area contributed by atoms with Crippen molar-refractivity contribution >= 4 is 23.3 Å². The zero-order chi connectivity index (χ0) is 25.4. The van der Waals surface area contributed by atoms with Gasteiger partial charge in [-0.25, -0.2) is 9.97 Å². The van der Waals surface area contributed by atoms with Crippen LogP contribution < -0.4 is 4.74 Å². The number of H-pyrrole nitrogens is 1. The molecule has 10 heteroatoms. The molecule has 0 saturated heterocycles. The largest absolute Gasteiger partial charge is 0.604 e. The summed E-state index contributed by atoms with van der Waals surface area (Å²) in [4.78, 5) is 11.4. The van der Waals surface area contributed by atoms with Gasteiger partial charge in [-0.05, 0) is 72.9 Å². The van der Waals surface area contributed by atoms with Gasteiger partial charge in [0.05, 0.1) is 11.2 Å². The third-order valence-electron chi connectivity index (χ3n) is 5.29. The summed E-state index contributed by atoms with van der Waals surface area (Å²) < 4.78 is 60.2. The second-order valence-corrected chi connectivity index (χ2v) is 9.44. The van der Waals surface area contributed by atoms with Crippen LogP contribution in [0.1, 0.15) is 41.4 Å². The van der Waals surface area contributed by atoms with Gasteiger partial charge in [-0.1, -0.05) is 12.1 Å². The predicted octanol–water partition coefficient (Wildman–Crippen LogP) is 6.34. The molecule has 6 nitrogen and oxygen atoms in total. The minimum Gasteiger partial charge on any atom is -0.604 e. The fourth-order valence-corrected chi connectivity index (χ4v) is 4.09. The van der Waals surface area contributed by atoms with Crippen molar-refractivity contribution in [2.45, 2.75) is 42.7 Å².